The molecule has 0 amide bonds. The second-order valence-corrected chi connectivity index (χ2v) is 5.96. The average Bonchev–Trinajstić information content (AvgIpc) is 2.95. The van der Waals surface area contributed by atoms with Crippen molar-refractivity contribution in [1.82, 2.24) is 9.47 Å². The molecule has 0 radical (unpaired) electrons. The first kappa shape index (κ1) is 15.4. The highest BCUT2D eigenvalue weighted by molar-refractivity contribution is 5.44. The number of nitrogens with zero attached hydrogens (tertiary/aromatic N) is 2. The molecule has 0 aliphatic carbocycles. The highest BCUT2D eigenvalue weighted by Crippen LogP contribution is 2.33. The van der Waals surface area contributed by atoms with Gasteiger partial charge in [0.05, 0.1) is 5.69 Å². The minimum atomic E-state index is -0.346. The van der Waals surface area contributed by atoms with Crippen LogP contribution in [0.3, 0.4) is 0 Å². The number of ether oxygens (including phenoxy) is 2. The lowest BCUT2D eigenvalue weighted by Gasteiger charge is -2.20. The molecule has 0 spiro atoms. The molecule has 1 aliphatic heterocycles. The fourth-order valence-electron chi connectivity index (χ4n) is 2.72. The highest BCUT2D eigenvalue weighted by atomic mass is 16.7. The van der Waals surface area contributed by atoms with Crippen molar-refractivity contribution in [3.63, 3.8) is 0 Å². The molecule has 1 aromatic carbocycles. The van der Waals surface area contributed by atoms with Crippen LogP contribution < -0.4 is 14.9 Å². The second kappa shape index (κ2) is 5.96. The zero-order valence-electron chi connectivity index (χ0n) is 13.5. The Balaban J connectivity index is 2.02. The summed E-state index contributed by atoms with van der Waals surface area (Å²) in [5, 5.41) is 10.2. The van der Waals surface area contributed by atoms with E-state index in [0.717, 1.165) is 22.8 Å². The summed E-state index contributed by atoms with van der Waals surface area (Å²) in [6.45, 7) is 3.13. The van der Waals surface area contributed by atoms with E-state index in [0.29, 0.717) is 18.8 Å². The summed E-state index contributed by atoms with van der Waals surface area (Å²) in [6, 6.07) is 7.22. The quantitative estimate of drug-likeness (QED) is 0.930. The van der Waals surface area contributed by atoms with Gasteiger partial charge in [-0.05, 0) is 38.7 Å². The molecule has 0 saturated heterocycles. The Labute approximate surface area is 134 Å². The van der Waals surface area contributed by atoms with Crippen molar-refractivity contribution in [2.24, 2.45) is 0 Å². The van der Waals surface area contributed by atoms with Crippen LogP contribution in [-0.4, -0.2) is 35.5 Å². The van der Waals surface area contributed by atoms with Crippen LogP contribution in [0.1, 0.15) is 17.0 Å². The molecule has 0 bridgehead atoms. The summed E-state index contributed by atoms with van der Waals surface area (Å²) in [5.41, 5.74) is 2.08. The molecule has 23 heavy (non-hydrogen) atoms. The van der Waals surface area contributed by atoms with Gasteiger partial charge in [0.2, 0.25) is 12.2 Å². The number of benzene rings is 1. The van der Waals surface area contributed by atoms with Crippen LogP contribution in [0.4, 0.5) is 0 Å². The van der Waals surface area contributed by atoms with Gasteiger partial charge in [-0.1, -0.05) is 6.07 Å². The molecule has 0 atom stereocenters. The first-order valence-electron chi connectivity index (χ1n) is 7.41. The lowest BCUT2D eigenvalue weighted by Crippen LogP contribution is -2.22. The number of rotatable bonds is 4. The van der Waals surface area contributed by atoms with Crippen molar-refractivity contribution in [2.75, 3.05) is 20.9 Å². The number of fused-ring (bicyclic) bond motifs is 1. The van der Waals surface area contributed by atoms with Gasteiger partial charge in [-0.25, -0.2) is 0 Å². The molecule has 2 aromatic rings. The zero-order chi connectivity index (χ0) is 16.6. The predicted octanol–water partition coefficient (Wildman–Crippen LogP) is 1.70. The van der Waals surface area contributed by atoms with E-state index in [1.165, 1.54) is 6.07 Å². The van der Waals surface area contributed by atoms with Crippen LogP contribution in [0.2, 0.25) is 0 Å². The van der Waals surface area contributed by atoms with Crippen molar-refractivity contribution in [1.29, 1.82) is 0 Å². The van der Waals surface area contributed by atoms with Crippen molar-refractivity contribution in [3.8, 4) is 17.2 Å². The molecular formula is C17H20N2O4. The predicted molar refractivity (Wildman–Crippen MR) is 86.2 cm³/mol. The molecule has 2 heterocycles. The summed E-state index contributed by atoms with van der Waals surface area (Å²) in [7, 11) is 3.80. The molecule has 6 nitrogen and oxygen atoms in total. The maximum atomic E-state index is 11.9. The molecule has 6 heteroatoms. The fourth-order valence-corrected chi connectivity index (χ4v) is 2.72. The standard InChI is InChI=1S/C17H20N2O4/c1-11-6-14(20)17(21)13(9-18(2)3)19(11)8-12-4-5-15-16(7-12)23-10-22-15/h4-7,21H,8-10H2,1-3H3. The summed E-state index contributed by atoms with van der Waals surface area (Å²) < 4.78 is 12.7. The molecule has 0 saturated carbocycles. The molecule has 1 N–H and O–H groups in total. The fraction of sp³-hybridized carbons (Fsp3) is 0.353. The van der Waals surface area contributed by atoms with E-state index in [-0.39, 0.29) is 18.0 Å². The zero-order valence-corrected chi connectivity index (χ0v) is 13.5. The van der Waals surface area contributed by atoms with Crippen LogP contribution in [0.5, 0.6) is 17.2 Å². The maximum Gasteiger partial charge on any atom is 0.231 e. The van der Waals surface area contributed by atoms with Gasteiger partial charge in [0, 0.05) is 24.8 Å². The minimum Gasteiger partial charge on any atom is -0.503 e. The lowest BCUT2D eigenvalue weighted by molar-refractivity contribution is 0.174. The van der Waals surface area contributed by atoms with Gasteiger partial charge in [0.1, 0.15) is 0 Å². The molecule has 122 valence electrons. The molecule has 1 aromatic heterocycles. The summed E-state index contributed by atoms with van der Waals surface area (Å²) in [4.78, 5) is 13.8. The van der Waals surface area contributed by atoms with Crippen molar-refractivity contribution >= 4 is 0 Å². The van der Waals surface area contributed by atoms with Crippen molar-refractivity contribution in [3.05, 3.63) is 51.4 Å². The van der Waals surface area contributed by atoms with Crippen molar-refractivity contribution in [2.45, 2.75) is 20.0 Å². The normalized spacial score (nSPS) is 12.9. The Morgan fingerprint density at radius 2 is 1.96 bits per heavy atom. The Bertz CT molecular complexity index is 796. The first-order valence-corrected chi connectivity index (χ1v) is 7.41. The van der Waals surface area contributed by atoms with Gasteiger partial charge in [-0.3, -0.25) is 4.79 Å². The Morgan fingerprint density at radius 1 is 1.22 bits per heavy atom. The third kappa shape index (κ3) is 3.03. The second-order valence-electron chi connectivity index (χ2n) is 5.96. The maximum absolute atomic E-state index is 11.9. The third-order valence-electron chi connectivity index (χ3n) is 3.84. The van der Waals surface area contributed by atoms with Crippen LogP contribution in [0.15, 0.2) is 29.1 Å². The molecular weight excluding hydrogens is 296 g/mol. The van der Waals surface area contributed by atoms with E-state index in [1.54, 1.807) is 0 Å². The van der Waals surface area contributed by atoms with E-state index in [9.17, 15) is 9.90 Å². The number of aromatic hydroxyl groups is 1. The number of aryl methyl sites for hydroxylation is 1. The summed E-state index contributed by atoms with van der Waals surface area (Å²) >= 11 is 0. The van der Waals surface area contributed by atoms with Crippen LogP contribution in [0, 0.1) is 6.92 Å². The van der Waals surface area contributed by atoms with Crippen molar-refractivity contribution < 1.29 is 14.6 Å². The lowest BCUT2D eigenvalue weighted by atomic mass is 10.1. The van der Waals surface area contributed by atoms with Gasteiger partial charge in [-0.15, -0.1) is 0 Å². The van der Waals surface area contributed by atoms with Gasteiger partial charge < -0.3 is 24.0 Å². The Hall–Kier alpha value is -2.47. The molecule has 0 fully saturated rings. The van der Waals surface area contributed by atoms with E-state index in [4.69, 9.17) is 9.47 Å². The Morgan fingerprint density at radius 3 is 2.70 bits per heavy atom. The van der Waals surface area contributed by atoms with Gasteiger partial charge >= 0.3 is 0 Å². The monoisotopic (exact) mass is 316 g/mol. The third-order valence-corrected chi connectivity index (χ3v) is 3.84. The Kier molecular flexibility index (Phi) is 4.00. The summed E-state index contributed by atoms with van der Waals surface area (Å²) in [6.07, 6.45) is 0. The molecule has 1 aliphatic rings. The number of hydrogen-bond acceptors (Lipinski definition) is 5. The van der Waals surface area contributed by atoms with Gasteiger partial charge in [0.15, 0.2) is 17.2 Å². The minimum absolute atomic E-state index is 0.190. The van der Waals surface area contributed by atoms with Crippen LogP contribution >= 0.6 is 0 Å². The van der Waals surface area contributed by atoms with E-state index in [1.807, 2.05) is 48.7 Å². The molecule has 0 unspecified atom stereocenters. The van der Waals surface area contributed by atoms with E-state index in [2.05, 4.69) is 0 Å². The number of aromatic nitrogens is 1. The highest BCUT2D eigenvalue weighted by Gasteiger charge is 2.17. The van der Waals surface area contributed by atoms with E-state index >= 15 is 0 Å². The van der Waals surface area contributed by atoms with Gasteiger partial charge in [0.25, 0.3) is 0 Å². The first-order chi connectivity index (χ1) is 11.0. The summed E-state index contributed by atoms with van der Waals surface area (Å²) in [5.74, 6) is 1.27. The topological polar surface area (TPSA) is 63.9 Å². The SMILES string of the molecule is Cc1cc(=O)c(O)c(CN(C)C)n1Cc1ccc2c(c1)OCO2. The average molecular weight is 316 g/mol. The van der Waals surface area contributed by atoms with Crippen LogP contribution in [-0.2, 0) is 13.1 Å². The smallest absolute Gasteiger partial charge is 0.231 e. The molecule has 3 rings (SSSR count). The number of pyridine rings is 1. The van der Waals surface area contributed by atoms with Gasteiger partial charge in [-0.2, -0.15) is 0 Å². The number of hydrogen-bond donors (Lipinski definition) is 1. The largest absolute Gasteiger partial charge is 0.503 e. The van der Waals surface area contributed by atoms with Crippen LogP contribution in [0.25, 0.3) is 0 Å². The van der Waals surface area contributed by atoms with E-state index < -0.39 is 0 Å².